The molecule has 1 unspecified atom stereocenters. The summed E-state index contributed by atoms with van der Waals surface area (Å²) in [7, 11) is 0. The van der Waals surface area contributed by atoms with Crippen molar-refractivity contribution in [2.24, 2.45) is 0 Å². The van der Waals surface area contributed by atoms with Crippen molar-refractivity contribution in [3.8, 4) is 0 Å². The molecule has 1 nitrogen and oxygen atoms in total. The Hall–Kier alpha value is -0.197. The van der Waals surface area contributed by atoms with Crippen molar-refractivity contribution in [2.45, 2.75) is 39.2 Å². The summed E-state index contributed by atoms with van der Waals surface area (Å²) in [5.41, 5.74) is 1.02. The molecule has 0 bridgehead atoms. The van der Waals surface area contributed by atoms with Crippen molar-refractivity contribution in [3.05, 3.63) is 112 Å². The number of rotatable bonds is 4. The van der Waals surface area contributed by atoms with Gasteiger partial charge in [0.05, 0.1) is 5.60 Å². The molecule has 2 aliphatic rings. The van der Waals surface area contributed by atoms with E-state index >= 15 is 0 Å². The molecule has 0 heterocycles. The third kappa shape index (κ3) is 10.2. The van der Waals surface area contributed by atoms with Gasteiger partial charge in [-0.05, 0) is 76.7 Å². The molecule has 2 saturated carbocycles. The van der Waals surface area contributed by atoms with Gasteiger partial charge in [0, 0.05) is 26.2 Å². The summed E-state index contributed by atoms with van der Waals surface area (Å²) in [4.78, 5) is 0. The van der Waals surface area contributed by atoms with Crippen LogP contribution < -0.4 is 0 Å². The fraction of sp³-hybridized carbons (Fsp3) is 0.250. The van der Waals surface area contributed by atoms with Crippen LogP contribution in [0.25, 0.3) is 0 Å². The van der Waals surface area contributed by atoms with E-state index in [1.165, 1.54) is 0 Å². The zero-order valence-electron chi connectivity index (χ0n) is 16.0. The maximum Gasteiger partial charge on any atom is 0.0764 e. The molecule has 2 heteroatoms. The van der Waals surface area contributed by atoms with Crippen LogP contribution in [0.3, 0.4) is 0 Å². The van der Waals surface area contributed by atoms with Gasteiger partial charge in [-0.2, -0.15) is 6.42 Å². The Morgan fingerprint density at radius 1 is 0.808 bits per heavy atom. The van der Waals surface area contributed by atoms with Crippen LogP contribution in [0.15, 0.2) is 35.9 Å². The van der Waals surface area contributed by atoms with Crippen LogP contribution in [-0.2, 0) is 31.8 Å². The van der Waals surface area contributed by atoms with Gasteiger partial charge in [0.15, 0.2) is 0 Å². The molecule has 0 aliphatic heterocycles. The summed E-state index contributed by atoms with van der Waals surface area (Å²) in [6.07, 6.45) is 24.9. The molecule has 0 amide bonds. The zero-order chi connectivity index (χ0) is 18.4. The Morgan fingerprint density at radius 3 is 1.50 bits per heavy atom. The predicted octanol–water partition coefficient (Wildman–Crippen LogP) is 5.48. The van der Waals surface area contributed by atoms with Crippen molar-refractivity contribution >= 4 is 0 Å². The van der Waals surface area contributed by atoms with E-state index in [2.05, 4.69) is 13.0 Å². The summed E-state index contributed by atoms with van der Waals surface area (Å²) in [6.45, 7) is 5.93. The molecule has 1 atom stereocenters. The first kappa shape index (κ1) is 25.8. The number of hydrogen-bond acceptors (Lipinski definition) is 1. The van der Waals surface area contributed by atoms with Crippen LogP contribution in [0.5, 0.6) is 0 Å². The quantitative estimate of drug-likeness (QED) is 0.634. The van der Waals surface area contributed by atoms with Crippen LogP contribution >= 0.6 is 0 Å². The van der Waals surface area contributed by atoms with Gasteiger partial charge in [0.2, 0.25) is 0 Å². The normalized spacial score (nSPS) is 18.5. The molecule has 1 aromatic carbocycles. The Balaban J connectivity index is 0.000000460. The average Bonchev–Trinajstić information content (AvgIpc) is 3.39. The van der Waals surface area contributed by atoms with E-state index in [4.69, 9.17) is 0 Å². The summed E-state index contributed by atoms with van der Waals surface area (Å²) >= 11 is 0. The van der Waals surface area contributed by atoms with Gasteiger partial charge in [0.1, 0.15) is 0 Å². The van der Waals surface area contributed by atoms with Gasteiger partial charge in [0.25, 0.3) is 0 Å². The summed E-state index contributed by atoms with van der Waals surface area (Å²) < 4.78 is 0. The Bertz CT molecular complexity index is 431. The molecule has 3 rings (SSSR count). The monoisotopic (exact) mass is 423 g/mol. The SMILES string of the molecule is CC[C-]=C(CC)C(C)(O)c1ccccc1.[CH]1[CH][CH][CH][CH]1.[CH]1[CH][CH][CH][CH]1.[Zr]. The molecular weight excluding hydrogens is 395 g/mol. The average molecular weight is 425 g/mol. The largest absolute Gasteiger partial charge is 0.494 e. The van der Waals surface area contributed by atoms with Crippen LogP contribution in [0, 0.1) is 70.3 Å². The topological polar surface area (TPSA) is 20.2 Å². The van der Waals surface area contributed by atoms with Gasteiger partial charge >= 0.3 is 0 Å². The number of benzene rings is 1. The molecule has 0 aromatic heterocycles. The fourth-order valence-corrected chi connectivity index (χ4v) is 2.43. The Labute approximate surface area is 181 Å². The van der Waals surface area contributed by atoms with Gasteiger partial charge in [-0.25, -0.2) is 5.57 Å². The van der Waals surface area contributed by atoms with Gasteiger partial charge in [-0.3, -0.25) is 0 Å². The maximum atomic E-state index is 10.5. The van der Waals surface area contributed by atoms with Gasteiger partial charge < -0.3 is 11.2 Å². The van der Waals surface area contributed by atoms with E-state index in [9.17, 15) is 5.11 Å². The molecule has 10 radical (unpaired) electrons. The summed E-state index contributed by atoms with van der Waals surface area (Å²) in [6, 6.07) is 9.75. The number of aliphatic hydroxyl groups is 1. The predicted molar refractivity (Wildman–Crippen MR) is 106 cm³/mol. The van der Waals surface area contributed by atoms with Crippen molar-refractivity contribution < 1.29 is 31.3 Å². The van der Waals surface area contributed by atoms with E-state index in [0.29, 0.717) is 0 Å². The van der Waals surface area contributed by atoms with Crippen molar-refractivity contribution in [2.75, 3.05) is 0 Å². The van der Waals surface area contributed by atoms with Gasteiger partial charge in [-0.15, -0.1) is 0 Å². The molecular formula is C24H29OZr-. The Morgan fingerprint density at radius 2 is 1.19 bits per heavy atom. The van der Waals surface area contributed by atoms with E-state index in [1.807, 2.05) is 108 Å². The van der Waals surface area contributed by atoms with Crippen LogP contribution in [0.1, 0.15) is 39.2 Å². The molecule has 1 N–H and O–H groups in total. The maximum absolute atomic E-state index is 10.5. The second kappa shape index (κ2) is 15.8. The fourth-order valence-electron chi connectivity index (χ4n) is 2.43. The van der Waals surface area contributed by atoms with Crippen LogP contribution in [-0.4, -0.2) is 5.11 Å². The first-order chi connectivity index (χ1) is 12.1. The van der Waals surface area contributed by atoms with Gasteiger partial charge in [-0.1, -0.05) is 50.6 Å². The number of allylic oxidation sites excluding steroid dienone is 1. The second-order valence-electron chi connectivity index (χ2n) is 5.73. The smallest absolute Gasteiger partial charge is 0.0764 e. The first-order valence-corrected chi connectivity index (χ1v) is 8.84. The molecule has 2 fully saturated rings. The molecule has 136 valence electrons. The third-order valence-electron chi connectivity index (χ3n) is 3.78. The van der Waals surface area contributed by atoms with Crippen LogP contribution in [0.2, 0.25) is 0 Å². The number of hydrogen-bond donors (Lipinski definition) is 1. The minimum absolute atomic E-state index is 0. The summed E-state index contributed by atoms with van der Waals surface area (Å²) in [5.74, 6) is 0. The zero-order valence-corrected chi connectivity index (χ0v) is 18.5. The van der Waals surface area contributed by atoms with Crippen molar-refractivity contribution in [1.29, 1.82) is 0 Å². The van der Waals surface area contributed by atoms with Crippen molar-refractivity contribution in [1.82, 2.24) is 0 Å². The standard InChI is InChI=1S/C14H19O.2C5H5.Zr/c1-4-9-12(5-2)14(3,15)13-10-7-6-8-11-13;2*1-2-4-5-3-1;/h6-8,10-11,15H,4-5H2,1-3H3;2*1-5H;/q-1;;;. The molecule has 1 aromatic rings. The van der Waals surface area contributed by atoms with E-state index in [-0.39, 0.29) is 26.2 Å². The summed E-state index contributed by atoms with van der Waals surface area (Å²) in [5, 5.41) is 10.5. The minimum atomic E-state index is -0.883. The second-order valence-corrected chi connectivity index (χ2v) is 5.73. The molecule has 2 aliphatic carbocycles. The minimum Gasteiger partial charge on any atom is -0.494 e. The van der Waals surface area contributed by atoms with E-state index in [0.717, 1.165) is 24.0 Å². The van der Waals surface area contributed by atoms with Crippen molar-refractivity contribution in [3.63, 3.8) is 0 Å². The van der Waals surface area contributed by atoms with E-state index < -0.39 is 5.60 Å². The van der Waals surface area contributed by atoms with Crippen LogP contribution in [0.4, 0.5) is 0 Å². The molecule has 0 spiro atoms. The molecule has 26 heavy (non-hydrogen) atoms. The Kier molecular flexibility index (Phi) is 15.7. The molecule has 0 saturated heterocycles. The first-order valence-electron chi connectivity index (χ1n) is 8.84. The third-order valence-corrected chi connectivity index (χ3v) is 3.78. The van der Waals surface area contributed by atoms with E-state index in [1.54, 1.807) is 0 Å².